The number of likely N-dealkylation sites (tertiary alicyclic amines) is 1. The van der Waals surface area contributed by atoms with Gasteiger partial charge in [-0.1, -0.05) is 6.92 Å². The van der Waals surface area contributed by atoms with Crippen molar-refractivity contribution in [2.45, 2.75) is 26.2 Å². The minimum Gasteiger partial charge on any atom is -0.481 e. The Kier molecular flexibility index (Phi) is 3.38. The maximum absolute atomic E-state index is 12.2. The largest absolute Gasteiger partial charge is 0.481 e. The number of nitrogens with zero attached hydrogens (tertiary/aromatic N) is 1. The van der Waals surface area contributed by atoms with Crippen LogP contribution in [0.5, 0.6) is 0 Å². The Hall–Kier alpha value is -1.10. The predicted octanol–water partition coefficient (Wildman–Crippen LogP) is 0.309. The van der Waals surface area contributed by atoms with Gasteiger partial charge in [0.2, 0.25) is 5.91 Å². The second kappa shape index (κ2) is 4.64. The Bertz CT molecular complexity index is 326. The number of carboxylic acids is 1. The van der Waals surface area contributed by atoms with Crippen LogP contribution < -0.4 is 5.32 Å². The van der Waals surface area contributed by atoms with E-state index in [9.17, 15) is 14.7 Å². The number of rotatable bonds is 3. The summed E-state index contributed by atoms with van der Waals surface area (Å²) < 4.78 is 0. The van der Waals surface area contributed by atoms with Crippen LogP contribution in [0, 0.1) is 11.3 Å². The maximum atomic E-state index is 12.2. The van der Waals surface area contributed by atoms with Crippen LogP contribution >= 0.6 is 0 Å². The van der Waals surface area contributed by atoms with E-state index in [2.05, 4.69) is 5.32 Å². The highest BCUT2D eigenvalue weighted by Crippen LogP contribution is 2.35. The molecule has 0 spiro atoms. The molecule has 0 aromatic heterocycles. The van der Waals surface area contributed by atoms with Gasteiger partial charge in [-0.2, -0.15) is 0 Å². The van der Waals surface area contributed by atoms with Gasteiger partial charge in [0.15, 0.2) is 0 Å². The molecule has 2 fully saturated rings. The number of amides is 1. The van der Waals surface area contributed by atoms with Gasteiger partial charge < -0.3 is 15.3 Å². The molecule has 1 amide bonds. The summed E-state index contributed by atoms with van der Waals surface area (Å²) >= 11 is 0. The molecular weight excluding hydrogens is 220 g/mol. The molecule has 2 unspecified atom stereocenters. The van der Waals surface area contributed by atoms with Crippen molar-refractivity contribution in [2.75, 3.05) is 26.2 Å². The van der Waals surface area contributed by atoms with E-state index in [0.717, 1.165) is 19.5 Å². The number of carbonyl (C=O) groups excluding carboxylic acids is 1. The first-order chi connectivity index (χ1) is 8.09. The molecule has 0 radical (unpaired) electrons. The van der Waals surface area contributed by atoms with Crippen molar-refractivity contribution in [3.63, 3.8) is 0 Å². The van der Waals surface area contributed by atoms with Crippen LogP contribution in [-0.4, -0.2) is 48.1 Å². The van der Waals surface area contributed by atoms with Gasteiger partial charge in [-0.15, -0.1) is 0 Å². The smallest absolute Gasteiger partial charge is 0.311 e. The zero-order chi connectivity index (χ0) is 12.5. The number of hydrogen-bond donors (Lipinski definition) is 2. The average Bonchev–Trinajstić information content (AvgIpc) is 2.98. The van der Waals surface area contributed by atoms with E-state index >= 15 is 0 Å². The molecule has 96 valence electrons. The SMILES string of the molecule is CCC1(C(=O)O)CCN(C(=O)C2CCNC2)C1. The lowest BCUT2D eigenvalue weighted by molar-refractivity contribution is -0.148. The van der Waals surface area contributed by atoms with E-state index in [1.807, 2.05) is 6.92 Å². The first-order valence-corrected chi connectivity index (χ1v) is 6.32. The lowest BCUT2D eigenvalue weighted by atomic mass is 9.84. The van der Waals surface area contributed by atoms with Crippen molar-refractivity contribution >= 4 is 11.9 Å². The molecule has 2 rings (SSSR count). The van der Waals surface area contributed by atoms with E-state index in [-0.39, 0.29) is 11.8 Å². The molecule has 2 saturated heterocycles. The Morgan fingerprint density at radius 3 is 2.76 bits per heavy atom. The summed E-state index contributed by atoms with van der Waals surface area (Å²) in [5.74, 6) is -0.581. The minimum absolute atomic E-state index is 0.0523. The van der Waals surface area contributed by atoms with Crippen LogP contribution in [0.2, 0.25) is 0 Å². The number of carbonyl (C=O) groups is 2. The van der Waals surface area contributed by atoms with Crippen LogP contribution in [-0.2, 0) is 9.59 Å². The van der Waals surface area contributed by atoms with E-state index in [1.165, 1.54) is 0 Å². The molecule has 2 heterocycles. The molecule has 2 aliphatic rings. The average molecular weight is 240 g/mol. The first-order valence-electron chi connectivity index (χ1n) is 6.32. The monoisotopic (exact) mass is 240 g/mol. The molecule has 2 atom stereocenters. The third-order valence-electron chi connectivity index (χ3n) is 4.21. The zero-order valence-electron chi connectivity index (χ0n) is 10.2. The van der Waals surface area contributed by atoms with E-state index < -0.39 is 11.4 Å². The van der Waals surface area contributed by atoms with E-state index in [1.54, 1.807) is 4.90 Å². The van der Waals surface area contributed by atoms with Gasteiger partial charge in [-0.05, 0) is 25.8 Å². The summed E-state index contributed by atoms with van der Waals surface area (Å²) in [5, 5.41) is 12.4. The fourth-order valence-electron chi connectivity index (χ4n) is 2.80. The molecule has 0 bridgehead atoms. The lowest BCUT2D eigenvalue weighted by Crippen LogP contribution is -2.39. The van der Waals surface area contributed by atoms with Gasteiger partial charge in [0.25, 0.3) is 0 Å². The molecule has 5 heteroatoms. The second-order valence-corrected chi connectivity index (χ2v) is 5.14. The molecule has 5 nitrogen and oxygen atoms in total. The number of aliphatic carboxylic acids is 1. The molecule has 0 saturated carbocycles. The summed E-state index contributed by atoms with van der Waals surface area (Å²) in [5.41, 5.74) is -0.707. The van der Waals surface area contributed by atoms with Crippen molar-refractivity contribution in [1.29, 1.82) is 0 Å². The Labute approximate surface area is 101 Å². The minimum atomic E-state index is -0.764. The lowest BCUT2D eigenvalue weighted by Gasteiger charge is -2.24. The predicted molar refractivity (Wildman–Crippen MR) is 62.5 cm³/mol. The zero-order valence-corrected chi connectivity index (χ0v) is 10.2. The fraction of sp³-hybridized carbons (Fsp3) is 0.833. The van der Waals surface area contributed by atoms with Crippen LogP contribution in [0.25, 0.3) is 0 Å². The number of carboxylic acid groups (broad SMARTS) is 1. The third kappa shape index (κ3) is 2.16. The summed E-state index contributed by atoms with van der Waals surface area (Å²) in [6.07, 6.45) is 2.06. The Balaban J connectivity index is 2.01. The van der Waals surface area contributed by atoms with E-state index in [0.29, 0.717) is 25.9 Å². The topological polar surface area (TPSA) is 69.6 Å². The van der Waals surface area contributed by atoms with Gasteiger partial charge in [0.05, 0.1) is 11.3 Å². The maximum Gasteiger partial charge on any atom is 0.311 e. The molecule has 0 aromatic carbocycles. The van der Waals surface area contributed by atoms with Gasteiger partial charge in [0, 0.05) is 19.6 Å². The molecule has 2 aliphatic heterocycles. The van der Waals surface area contributed by atoms with Crippen molar-refractivity contribution < 1.29 is 14.7 Å². The van der Waals surface area contributed by atoms with Gasteiger partial charge >= 0.3 is 5.97 Å². The number of nitrogens with one attached hydrogen (secondary N) is 1. The molecule has 2 N–H and O–H groups in total. The van der Waals surface area contributed by atoms with Gasteiger partial charge in [0.1, 0.15) is 0 Å². The second-order valence-electron chi connectivity index (χ2n) is 5.14. The molecule has 17 heavy (non-hydrogen) atoms. The molecule has 0 aromatic rings. The van der Waals surface area contributed by atoms with Crippen LogP contribution in [0.3, 0.4) is 0 Å². The van der Waals surface area contributed by atoms with Gasteiger partial charge in [-0.3, -0.25) is 9.59 Å². The van der Waals surface area contributed by atoms with Crippen molar-refractivity contribution in [2.24, 2.45) is 11.3 Å². The highest BCUT2D eigenvalue weighted by atomic mass is 16.4. The standard InChI is InChI=1S/C12H20N2O3/c1-2-12(11(16)17)4-6-14(8-12)10(15)9-3-5-13-7-9/h9,13H,2-8H2,1H3,(H,16,17). The van der Waals surface area contributed by atoms with E-state index in [4.69, 9.17) is 0 Å². The normalized spacial score (nSPS) is 33.0. The summed E-state index contributed by atoms with van der Waals surface area (Å²) in [6, 6.07) is 0. The fourth-order valence-corrected chi connectivity index (χ4v) is 2.80. The third-order valence-corrected chi connectivity index (χ3v) is 4.21. The van der Waals surface area contributed by atoms with Crippen LogP contribution in [0.4, 0.5) is 0 Å². The number of hydrogen-bond acceptors (Lipinski definition) is 3. The highest BCUT2D eigenvalue weighted by Gasteiger charge is 2.45. The first kappa shape index (κ1) is 12.4. The highest BCUT2D eigenvalue weighted by molar-refractivity contribution is 5.82. The van der Waals surface area contributed by atoms with Crippen LogP contribution in [0.15, 0.2) is 0 Å². The summed E-state index contributed by atoms with van der Waals surface area (Å²) in [6.45, 7) is 4.49. The summed E-state index contributed by atoms with van der Waals surface area (Å²) in [7, 11) is 0. The molecule has 0 aliphatic carbocycles. The van der Waals surface area contributed by atoms with Crippen LogP contribution in [0.1, 0.15) is 26.2 Å². The summed E-state index contributed by atoms with van der Waals surface area (Å²) in [4.78, 5) is 25.2. The Morgan fingerprint density at radius 2 is 2.29 bits per heavy atom. The Morgan fingerprint density at radius 1 is 1.53 bits per heavy atom. The van der Waals surface area contributed by atoms with Crippen molar-refractivity contribution in [3.05, 3.63) is 0 Å². The molecular formula is C12H20N2O3. The quantitative estimate of drug-likeness (QED) is 0.745. The van der Waals surface area contributed by atoms with Gasteiger partial charge in [-0.25, -0.2) is 0 Å². The van der Waals surface area contributed by atoms with Crippen molar-refractivity contribution in [3.8, 4) is 0 Å². The van der Waals surface area contributed by atoms with Crippen molar-refractivity contribution in [1.82, 2.24) is 10.2 Å².